The Labute approximate surface area is 75.0 Å². The van der Waals surface area contributed by atoms with Crippen LogP contribution in [-0.4, -0.2) is 6.54 Å². The van der Waals surface area contributed by atoms with Gasteiger partial charge >= 0.3 is 0 Å². The molecule has 1 aromatic heterocycles. The van der Waals surface area contributed by atoms with E-state index in [-0.39, 0.29) is 0 Å². The summed E-state index contributed by atoms with van der Waals surface area (Å²) in [5.41, 5.74) is 7.99. The van der Waals surface area contributed by atoms with Crippen LogP contribution in [0.2, 0.25) is 0 Å². The first-order chi connectivity index (χ1) is 5.83. The molecule has 0 radical (unpaired) electrons. The van der Waals surface area contributed by atoms with Crippen molar-refractivity contribution in [2.45, 2.75) is 6.92 Å². The molecule has 0 saturated carbocycles. The Morgan fingerprint density at radius 1 is 1.67 bits per heavy atom. The standard InChI is InChI=1S/C8H9N3S/c1-7-4-5-8(12-7)3-2-6-10-11-9/h2-5H,6H2,1H3. The normalized spacial score (nSPS) is 10.1. The first-order valence-corrected chi connectivity index (χ1v) is 4.38. The molecule has 1 heterocycles. The number of rotatable bonds is 3. The Kier molecular flexibility index (Phi) is 3.38. The van der Waals surface area contributed by atoms with Gasteiger partial charge in [0.15, 0.2) is 0 Å². The second kappa shape index (κ2) is 4.59. The van der Waals surface area contributed by atoms with Crippen LogP contribution in [0, 0.1) is 6.92 Å². The highest BCUT2D eigenvalue weighted by atomic mass is 32.1. The fraction of sp³-hybridized carbons (Fsp3) is 0.250. The molecule has 0 bridgehead atoms. The highest BCUT2D eigenvalue weighted by Crippen LogP contribution is 2.16. The maximum Gasteiger partial charge on any atom is 0.0443 e. The van der Waals surface area contributed by atoms with Crippen molar-refractivity contribution in [1.29, 1.82) is 0 Å². The minimum Gasteiger partial charge on any atom is -0.141 e. The molecule has 0 atom stereocenters. The van der Waals surface area contributed by atoms with Crippen LogP contribution in [0.3, 0.4) is 0 Å². The van der Waals surface area contributed by atoms with Crippen LogP contribution in [-0.2, 0) is 0 Å². The molecule has 0 spiro atoms. The maximum atomic E-state index is 7.99. The van der Waals surface area contributed by atoms with Crippen LogP contribution in [0.5, 0.6) is 0 Å². The average Bonchev–Trinajstić information content (AvgIpc) is 2.45. The molecule has 0 fully saturated rings. The predicted octanol–water partition coefficient (Wildman–Crippen LogP) is 3.38. The number of aryl methyl sites for hydroxylation is 1. The molecule has 0 aliphatic heterocycles. The lowest BCUT2D eigenvalue weighted by atomic mass is 10.4. The van der Waals surface area contributed by atoms with E-state index in [2.05, 4.69) is 23.0 Å². The van der Waals surface area contributed by atoms with Gasteiger partial charge in [0.25, 0.3) is 0 Å². The van der Waals surface area contributed by atoms with Gasteiger partial charge in [-0.3, -0.25) is 0 Å². The number of nitrogens with zero attached hydrogens (tertiary/aromatic N) is 3. The third-order valence-electron chi connectivity index (χ3n) is 1.29. The highest BCUT2D eigenvalue weighted by Gasteiger charge is 1.89. The van der Waals surface area contributed by atoms with Crippen molar-refractivity contribution >= 4 is 17.4 Å². The topological polar surface area (TPSA) is 48.8 Å². The van der Waals surface area contributed by atoms with Crippen LogP contribution >= 0.6 is 11.3 Å². The van der Waals surface area contributed by atoms with Gasteiger partial charge in [0, 0.05) is 21.2 Å². The fourth-order valence-corrected chi connectivity index (χ4v) is 1.60. The molecule has 3 nitrogen and oxygen atoms in total. The number of azide groups is 1. The van der Waals surface area contributed by atoms with Crippen molar-refractivity contribution in [3.8, 4) is 0 Å². The average molecular weight is 179 g/mol. The molecule has 62 valence electrons. The van der Waals surface area contributed by atoms with E-state index in [4.69, 9.17) is 5.53 Å². The van der Waals surface area contributed by atoms with Crippen molar-refractivity contribution in [3.63, 3.8) is 0 Å². The second-order valence-corrected chi connectivity index (χ2v) is 3.58. The number of hydrogen-bond acceptors (Lipinski definition) is 2. The van der Waals surface area contributed by atoms with Crippen molar-refractivity contribution in [2.75, 3.05) is 6.54 Å². The van der Waals surface area contributed by atoms with Crippen LogP contribution in [0.1, 0.15) is 9.75 Å². The molecule has 0 aromatic carbocycles. The molecule has 12 heavy (non-hydrogen) atoms. The summed E-state index contributed by atoms with van der Waals surface area (Å²) in [5.74, 6) is 0. The van der Waals surface area contributed by atoms with Crippen LogP contribution in [0.4, 0.5) is 0 Å². The summed E-state index contributed by atoms with van der Waals surface area (Å²) in [5, 5.41) is 3.39. The molecule has 0 aliphatic carbocycles. The molecule has 1 aromatic rings. The van der Waals surface area contributed by atoms with E-state index in [9.17, 15) is 0 Å². The smallest absolute Gasteiger partial charge is 0.0443 e. The number of hydrogen-bond donors (Lipinski definition) is 0. The van der Waals surface area contributed by atoms with Gasteiger partial charge < -0.3 is 0 Å². The van der Waals surface area contributed by atoms with Gasteiger partial charge in [-0.15, -0.1) is 11.3 Å². The molecular weight excluding hydrogens is 170 g/mol. The maximum absolute atomic E-state index is 7.99. The van der Waals surface area contributed by atoms with Crippen LogP contribution in [0.25, 0.3) is 16.5 Å². The van der Waals surface area contributed by atoms with Crippen molar-refractivity contribution in [1.82, 2.24) is 0 Å². The van der Waals surface area contributed by atoms with E-state index in [1.807, 2.05) is 18.2 Å². The van der Waals surface area contributed by atoms with Crippen molar-refractivity contribution in [2.24, 2.45) is 5.11 Å². The van der Waals surface area contributed by atoms with E-state index >= 15 is 0 Å². The van der Waals surface area contributed by atoms with Gasteiger partial charge in [0.05, 0.1) is 0 Å². The Morgan fingerprint density at radius 2 is 2.50 bits per heavy atom. The zero-order valence-electron chi connectivity index (χ0n) is 6.77. The van der Waals surface area contributed by atoms with E-state index in [0.717, 1.165) is 0 Å². The second-order valence-electron chi connectivity index (χ2n) is 2.26. The monoisotopic (exact) mass is 179 g/mol. The van der Waals surface area contributed by atoms with Crippen molar-refractivity contribution < 1.29 is 0 Å². The summed E-state index contributed by atoms with van der Waals surface area (Å²) in [7, 11) is 0. The van der Waals surface area contributed by atoms with Gasteiger partial charge in [0.1, 0.15) is 0 Å². The van der Waals surface area contributed by atoms with Crippen LogP contribution < -0.4 is 0 Å². The molecule has 0 amide bonds. The highest BCUT2D eigenvalue weighted by molar-refractivity contribution is 7.12. The molecule has 1 rings (SSSR count). The van der Waals surface area contributed by atoms with Gasteiger partial charge in [0.2, 0.25) is 0 Å². The molecule has 4 heteroatoms. The third kappa shape index (κ3) is 2.78. The molecule has 0 N–H and O–H groups in total. The molecule has 0 aliphatic rings. The van der Waals surface area contributed by atoms with E-state index in [0.29, 0.717) is 6.54 Å². The Bertz CT molecular complexity index is 321. The summed E-state index contributed by atoms with van der Waals surface area (Å²) in [6, 6.07) is 4.12. The zero-order chi connectivity index (χ0) is 8.81. The SMILES string of the molecule is Cc1ccc(C=CCN=[N+]=[N-])s1. The first kappa shape index (κ1) is 8.84. The summed E-state index contributed by atoms with van der Waals surface area (Å²) in [6.07, 6.45) is 3.82. The summed E-state index contributed by atoms with van der Waals surface area (Å²) in [6.45, 7) is 2.49. The minimum atomic E-state index is 0.424. The Morgan fingerprint density at radius 3 is 3.08 bits per heavy atom. The van der Waals surface area contributed by atoms with Gasteiger partial charge in [-0.05, 0) is 30.7 Å². The molecule has 0 unspecified atom stereocenters. The Hall–Kier alpha value is -1.25. The van der Waals surface area contributed by atoms with Crippen LogP contribution in [0.15, 0.2) is 23.3 Å². The minimum absolute atomic E-state index is 0.424. The molecule has 0 saturated heterocycles. The number of thiophene rings is 1. The van der Waals surface area contributed by atoms with E-state index in [1.165, 1.54) is 9.75 Å². The lowest BCUT2D eigenvalue weighted by Gasteiger charge is -1.80. The fourth-order valence-electron chi connectivity index (χ4n) is 0.796. The van der Waals surface area contributed by atoms with Crippen molar-refractivity contribution in [3.05, 3.63) is 38.4 Å². The van der Waals surface area contributed by atoms with E-state index in [1.54, 1.807) is 11.3 Å². The summed E-state index contributed by atoms with van der Waals surface area (Å²) < 4.78 is 0. The summed E-state index contributed by atoms with van der Waals surface area (Å²) in [4.78, 5) is 5.13. The lowest BCUT2D eigenvalue weighted by Crippen LogP contribution is -1.65. The van der Waals surface area contributed by atoms with E-state index < -0.39 is 0 Å². The zero-order valence-corrected chi connectivity index (χ0v) is 7.58. The lowest BCUT2D eigenvalue weighted by molar-refractivity contribution is 1.22. The van der Waals surface area contributed by atoms with Gasteiger partial charge in [-0.1, -0.05) is 11.2 Å². The largest absolute Gasteiger partial charge is 0.141 e. The Balaban J connectivity index is 2.51. The first-order valence-electron chi connectivity index (χ1n) is 3.57. The quantitative estimate of drug-likeness (QED) is 0.388. The predicted molar refractivity (Wildman–Crippen MR) is 52.1 cm³/mol. The van der Waals surface area contributed by atoms with Gasteiger partial charge in [-0.25, -0.2) is 0 Å². The third-order valence-corrected chi connectivity index (χ3v) is 2.26. The molecular formula is C8H9N3S. The summed E-state index contributed by atoms with van der Waals surface area (Å²) >= 11 is 1.72. The van der Waals surface area contributed by atoms with Gasteiger partial charge in [-0.2, -0.15) is 0 Å².